The third-order valence-corrected chi connectivity index (χ3v) is 11.1. The van der Waals surface area contributed by atoms with Crippen LogP contribution in [0.1, 0.15) is 245 Å². The molecule has 0 saturated carbocycles. The van der Waals surface area contributed by atoms with Crippen molar-refractivity contribution >= 4 is 11.9 Å². The number of esters is 1. The van der Waals surface area contributed by atoms with Crippen LogP contribution in [-0.4, -0.2) is 46.9 Å². The number of carbonyl (C=O) groups is 2. The molecule has 0 aliphatic heterocycles. The van der Waals surface area contributed by atoms with Gasteiger partial charge in [0.05, 0.1) is 25.2 Å². The molecule has 0 bridgehead atoms. The zero-order valence-electron chi connectivity index (χ0n) is 38.4. The summed E-state index contributed by atoms with van der Waals surface area (Å²) < 4.78 is 5.89. The van der Waals surface area contributed by atoms with E-state index < -0.39 is 18.2 Å². The Balaban J connectivity index is 4.66. The number of unbranched alkanes of at least 4 members (excludes halogenated alkanes) is 24. The van der Waals surface area contributed by atoms with Gasteiger partial charge in [-0.1, -0.05) is 198 Å². The molecule has 6 nitrogen and oxygen atoms in total. The molecule has 1 amide bonds. The first kappa shape index (κ1) is 55.8. The van der Waals surface area contributed by atoms with Crippen LogP contribution in [0.5, 0.6) is 0 Å². The van der Waals surface area contributed by atoms with Crippen LogP contribution in [0.2, 0.25) is 0 Å². The number of rotatable bonds is 44. The summed E-state index contributed by atoms with van der Waals surface area (Å²) in [5, 5.41) is 23.7. The van der Waals surface area contributed by atoms with Crippen molar-refractivity contribution in [2.45, 2.75) is 264 Å². The van der Waals surface area contributed by atoms with E-state index in [1.165, 1.54) is 122 Å². The maximum Gasteiger partial charge on any atom is 0.306 e. The fourth-order valence-electron chi connectivity index (χ4n) is 7.30. The van der Waals surface area contributed by atoms with Gasteiger partial charge < -0.3 is 20.3 Å². The minimum Gasteiger partial charge on any atom is -0.462 e. The zero-order chi connectivity index (χ0) is 42.4. The molecule has 0 aromatic rings. The Morgan fingerprint density at radius 2 is 0.897 bits per heavy atom. The van der Waals surface area contributed by atoms with E-state index in [1.807, 2.05) is 0 Å². The lowest BCUT2D eigenvalue weighted by Crippen LogP contribution is -2.46. The molecule has 0 fully saturated rings. The van der Waals surface area contributed by atoms with Gasteiger partial charge in [-0.05, 0) is 83.5 Å². The topological polar surface area (TPSA) is 95.9 Å². The summed E-state index contributed by atoms with van der Waals surface area (Å²) in [4.78, 5) is 26.0. The molecule has 338 valence electrons. The van der Waals surface area contributed by atoms with Crippen LogP contribution in [0.15, 0.2) is 48.6 Å². The fourth-order valence-corrected chi connectivity index (χ4v) is 7.30. The Morgan fingerprint density at radius 1 is 0.500 bits per heavy atom. The number of nitrogens with one attached hydrogen (secondary N) is 1. The van der Waals surface area contributed by atoms with Crippen LogP contribution in [-0.2, 0) is 14.3 Å². The van der Waals surface area contributed by atoms with Crippen molar-refractivity contribution in [3.8, 4) is 0 Å². The minimum absolute atomic E-state index is 0.0488. The van der Waals surface area contributed by atoms with E-state index in [1.54, 1.807) is 0 Å². The number of aliphatic hydroxyl groups is 2. The summed E-state index contributed by atoms with van der Waals surface area (Å²) >= 11 is 0. The highest BCUT2D eigenvalue weighted by molar-refractivity contribution is 5.77. The molecule has 3 unspecified atom stereocenters. The molecular weight excluding hydrogens is 719 g/mol. The molecule has 0 saturated heterocycles. The van der Waals surface area contributed by atoms with Crippen molar-refractivity contribution < 1.29 is 24.5 Å². The number of hydrogen-bond donors (Lipinski definition) is 3. The average Bonchev–Trinajstić information content (AvgIpc) is 3.22. The zero-order valence-corrected chi connectivity index (χ0v) is 38.4. The highest BCUT2D eigenvalue weighted by atomic mass is 16.5. The van der Waals surface area contributed by atoms with Crippen molar-refractivity contribution in [1.29, 1.82) is 0 Å². The van der Waals surface area contributed by atoms with Gasteiger partial charge in [0.1, 0.15) is 6.10 Å². The third kappa shape index (κ3) is 40.6. The molecule has 0 radical (unpaired) electrons. The standard InChI is InChI=1S/C52H95NO5/c1-4-7-10-13-16-19-22-24-25-27-29-31-34-37-40-43-48(58-52(57)45-42-39-36-33-28-21-18-15-12-9-6-3)46-51(56)53-49(47-54)50(55)44-41-38-35-32-30-26-23-20-17-14-11-8-5-2/h15-16,18-19,24-25,29,31,48-50,54-55H,4-14,17,20-23,26-28,30,32-47H2,1-3H3,(H,53,56)/b18-15-,19-16-,25-24-,31-29-. The highest BCUT2D eigenvalue weighted by Gasteiger charge is 2.24. The summed E-state index contributed by atoms with van der Waals surface area (Å²) in [6, 6.07) is -0.714. The van der Waals surface area contributed by atoms with E-state index >= 15 is 0 Å². The predicted molar refractivity (Wildman–Crippen MR) is 250 cm³/mol. The van der Waals surface area contributed by atoms with Gasteiger partial charge in [-0.2, -0.15) is 0 Å². The summed E-state index contributed by atoms with van der Waals surface area (Å²) in [6.07, 6.45) is 54.5. The van der Waals surface area contributed by atoms with Crippen molar-refractivity contribution in [1.82, 2.24) is 5.32 Å². The maximum atomic E-state index is 13.2. The maximum absolute atomic E-state index is 13.2. The van der Waals surface area contributed by atoms with E-state index in [4.69, 9.17) is 4.74 Å². The quantitative estimate of drug-likeness (QED) is 0.0323. The second-order valence-electron chi connectivity index (χ2n) is 16.9. The van der Waals surface area contributed by atoms with Gasteiger partial charge in [0.2, 0.25) is 5.91 Å². The summed E-state index contributed by atoms with van der Waals surface area (Å²) in [6.45, 7) is 6.40. The molecule has 0 aromatic heterocycles. The van der Waals surface area contributed by atoms with Crippen LogP contribution in [0.4, 0.5) is 0 Å². The summed E-state index contributed by atoms with van der Waals surface area (Å²) in [5.41, 5.74) is 0. The van der Waals surface area contributed by atoms with Crippen LogP contribution < -0.4 is 5.32 Å². The van der Waals surface area contributed by atoms with E-state index in [-0.39, 0.29) is 24.9 Å². The van der Waals surface area contributed by atoms with Gasteiger partial charge in [0.15, 0.2) is 0 Å². The molecular formula is C52H95NO5. The second-order valence-corrected chi connectivity index (χ2v) is 16.9. The average molecular weight is 814 g/mol. The van der Waals surface area contributed by atoms with Gasteiger partial charge in [-0.25, -0.2) is 0 Å². The van der Waals surface area contributed by atoms with Gasteiger partial charge in [0, 0.05) is 6.42 Å². The number of carbonyl (C=O) groups excluding carboxylic acids is 2. The minimum atomic E-state index is -0.798. The molecule has 0 heterocycles. The SMILES string of the molecule is CCCC/C=C\CCCCCCCC(=O)OC(CCCC/C=C\C/C=C\C/C=C\CCCCC)CC(=O)NC(CO)C(O)CCCCCCCCCCCCCCC. The molecule has 0 aromatic carbocycles. The largest absolute Gasteiger partial charge is 0.462 e. The monoisotopic (exact) mass is 814 g/mol. The molecule has 58 heavy (non-hydrogen) atoms. The van der Waals surface area contributed by atoms with Gasteiger partial charge in [0.25, 0.3) is 0 Å². The number of amides is 1. The lowest BCUT2D eigenvalue weighted by molar-refractivity contribution is -0.151. The molecule has 0 rings (SSSR count). The summed E-state index contributed by atoms with van der Waals surface area (Å²) in [7, 11) is 0. The molecule has 0 aliphatic carbocycles. The molecule has 0 aliphatic rings. The van der Waals surface area contributed by atoms with Crippen LogP contribution >= 0.6 is 0 Å². The first-order valence-corrected chi connectivity index (χ1v) is 24.9. The van der Waals surface area contributed by atoms with Crippen LogP contribution in [0, 0.1) is 0 Å². The smallest absolute Gasteiger partial charge is 0.306 e. The van der Waals surface area contributed by atoms with E-state index in [9.17, 15) is 19.8 Å². The van der Waals surface area contributed by atoms with Gasteiger partial charge >= 0.3 is 5.97 Å². The lowest BCUT2D eigenvalue weighted by Gasteiger charge is -2.24. The van der Waals surface area contributed by atoms with E-state index in [0.717, 1.165) is 77.0 Å². The second kappa shape index (κ2) is 45.9. The number of ether oxygens (including phenoxy) is 1. The van der Waals surface area contributed by atoms with Crippen molar-refractivity contribution in [2.24, 2.45) is 0 Å². The van der Waals surface area contributed by atoms with E-state index in [0.29, 0.717) is 19.3 Å². The van der Waals surface area contributed by atoms with Crippen LogP contribution in [0.3, 0.4) is 0 Å². The van der Waals surface area contributed by atoms with Gasteiger partial charge in [-0.15, -0.1) is 0 Å². The Bertz CT molecular complexity index is 1000. The van der Waals surface area contributed by atoms with Gasteiger partial charge in [-0.3, -0.25) is 9.59 Å². The molecule has 0 spiro atoms. The van der Waals surface area contributed by atoms with E-state index in [2.05, 4.69) is 74.7 Å². The normalized spacial score (nSPS) is 13.7. The number of hydrogen-bond acceptors (Lipinski definition) is 5. The van der Waals surface area contributed by atoms with Crippen molar-refractivity contribution in [3.05, 3.63) is 48.6 Å². The fraction of sp³-hybridized carbons (Fsp3) is 0.808. The predicted octanol–water partition coefficient (Wildman–Crippen LogP) is 14.7. The summed E-state index contributed by atoms with van der Waals surface area (Å²) in [5.74, 6) is -0.521. The number of allylic oxidation sites excluding steroid dienone is 8. The molecule has 3 N–H and O–H groups in total. The first-order chi connectivity index (χ1) is 28.5. The molecule has 6 heteroatoms. The Hall–Kier alpha value is -2.18. The Labute approximate surface area is 359 Å². The van der Waals surface area contributed by atoms with Crippen molar-refractivity contribution in [3.63, 3.8) is 0 Å². The lowest BCUT2D eigenvalue weighted by atomic mass is 10.0. The van der Waals surface area contributed by atoms with Crippen LogP contribution in [0.25, 0.3) is 0 Å². The van der Waals surface area contributed by atoms with Crippen molar-refractivity contribution in [2.75, 3.05) is 6.61 Å². The Kier molecular flexibility index (Phi) is 44.2. The third-order valence-electron chi connectivity index (χ3n) is 11.1. The highest BCUT2D eigenvalue weighted by Crippen LogP contribution is 2.17. The number of aliphatic hydroxyl groups excluding tert-OH is 2. The Morgan fingerprint density at radius 3 is 1.45 bits per heavy atom. The first-order valence-electron chi connectivity index (χ1n) is 24.9. The molecule has 3 atom stereocenters.